The van der Waals surface area contributed by atoms with E-state index in [4.69, 9.17) is 10.2 Å². The third kappa shape index (κ3) is 18.8. The Kier molecular flexibility index (Phi) is 15.8. The van der Waals surface area contributed by atoms with Crippen molar-refractivity contribution >= 4 is 11.9 Å². The molecule has 2 N–H and O–H groups in total. The molecule has 0 atom stereocenters. The van der Waals surface area contributed by atoms with Gasteiger partial charge in [-0.1, -0.05) is 49.0 Å². The number of carbonyl (C=O) groups is 2. The average Bonchev–Trinajstić information content (AvgIpc) is 2.57. The summed E-state index contributed by atoms with van der Waals surface area (Å²) in [5.74, 6) is -1.38. The van der Waals surface area contributed by atoms with Crippen molar-refractivity contribution in [2.45, 2.75) is 104 Å². The van der Waals surface area contributed by atoms with E-state index in [0.717, 1.165) is 77.0 Å². The predicted octanol–water partition coefficient (Wildman–Crippen LogP) is 6.51. The topological polar surface area (TPSA) is 74.6 Å². The monoisotopic (exact) mass is 366 g/mol. The molecule has 0 saturated carbocycles. The number of unbranched alkanes of at least 4 members (excludes halogenated alkanes) is 8. The SMILES string of the molecule is CC(=CCCCCCCC(=O)O)CCC(C)=CCCCCCCC(=O)O. The maximum absolute atomic E-state index is 10.4. The van der Waals surface area contributed by atoms with Crippen LogP contribution in [-0.2, 0) is 9.59 Å². The lowest BCUT2D eigenvalue weighted by atomic mass is 10.0. The molecule has 0 fully saturated rings. The van der Waals surface area contributed by atoms with E-state index in [1.165, 1.54) is 11.1 Å². The molecule has 0 rings (SSSR count). The molecule has 0 aliphatic rings. The molecule has 4 heteroatoms. The maximum Gasteiger partial charge on any atom is 0.303 e. The first-order valence-corrected chi connectivity index (χ1v) is 10.2. The second kappa shape index (κ2) is 16.9. The van der Waals surface area contributed by atoms with Gasteiger partial charge in [-0.15, -0.1) is 0 Å². The molecule has 26 heavy (non-hydrogen) atoms. The van der Waals surface area contributed by atoms with Gasteiger partial charge in [0.05, 0.1) is 0 Å². The van der Waals surface area contributed by atoms with E-state index in [9.17, 15) is 9.59 Å². The molecule has 0 heterocycles. The standard InChI is InChI=1S/C22H38O4/c1-19(13-9-5-3-7-11-15-21(23)24)17-18-20(2)14-10-6-4-8-12-16-22(25)26/h13-14H,3-12,15-18H2,1-2H3,(H,23,24)(H,25,26). The van der Waals surface area contributed by atoms with Crippen LogP contribution in [0.4, 0.5) is 0 Å². The van der Waals surface area contributed by atoms with Gasteiger partial charge in [-0.2, -0.15) is 0 Å². The van der Waals surface area contributed by atoms with Crippen LogP contribution >= 0.6 is 0 Å². The van der Waals surface area contributed by atoms with Gasteiger partial charge in [0.1, 0.15) is 0 Å². The van der Waals surface area contributed by atoms with Crippen molar-refractivity contribution in [2.75, 3.05) is 0 Å². The van der Waals surface area contributed by atoms with Gasteiger partial charge in [0.15, 0.2) is 0 Å². The molecule has 0 aliphatic heterocycles. The maximum atomic E-state index is 10.4. The Hall–Kier alpha value is -1.58. The Bertz CT molecular complexity index is 407. The van der Waals surface area contributed by atoms with Crippen molar-refractivity contribution < 1.29 is 19.8 Å². The predicted molar refractivity (Wildman–Crippen MR) is 107 cm³/mol. The van der Waals surface area contributed by atoms with Crippen molar-refractivity contribution in [3.8, 4) is 0 Å². The quantitative estimate of drug-likeness (QED) is 0.227. The van der Waals surface area contributed by atoms with E-state index < -0.39 is 11.9 Å². The van der Waals surface area contributed by atoms with Crippen LogP contribution in [0.15, 0.2) is 23.3 Å². The molecule has 0 unspecified atom stereocenters. The fraction of sp³-hybridized carbons (Fsp3) is 0.727. The van der Waals surface area contributed by atoms with Crippen LogP contribution in [0.1, 0.15) is 104 Å². The van der Waals surface area contributed by atoms with Gasteiger partial charge in [-0.25, -0.2) is 0 Å². The highest BCUT2D eigenvalue weighted by atomic mass is 16.4. The zero-order chi connectivity index (χ0) is 19.6. The highest BCUT2D eigenvalue weighted by Crippen LogP contribution is 2.15. The smallest absolute Gasteiger partial charge is 0.303 e. The molecule has 0 aliphatic carbocycles. The number of hydrogen-bond donors (Lipinski definition) is 2. The number of hydrogen-bond acceptors (Lipinski definition) is 2. The summed E-state index contributed by atoms with van der Waals surface area (Å²) in [5, 5.41) is 17.2. The van der Waals surface area contributed by atoms with Gasteiger partial charge in [0.2, 0.25) is 0 Å². The van der Waals surface area contributed by atoms with E-state index >= 15 is 0 Å². The Morgan fingerprint density at radius 1 is 0.577 bits per heavy atom. The van der Waals surface area contributed by atoms with E-state index in [-0.39, 0.29) is 0 Å². The molecule has 0 aromatic carbocycles. The lowest BCUT2D eigenvalue weighted by Crippen LogP contribution is -1.93. The second-order valence-electron chi connectivity index (χ2n) is 7.29. The largest absolute Gasteiger partial charge is 0.481 e. The van der Waals surface area contributed by atoms with Crippen molar-refractivity contribution in [1.29, 1.82) is 0 Å². The Labute approximate surface area is 159 Å². The summed E-state index contributed by atoms with van der Waals surface area (Å²) in [4.78, 5) is 20.8. The van der Waals surface area contributed by atoms with Crippen molar-refractivity contribution in [1.82, 2.24) is 0 Å². The first-order valence-electron chi connectivity index (χ1n) is 10.2. The minimum atomic E-state index is -0.692. The molecule has 0 aromatic heterocycles. The summed E-state index contributed by atoms with van der Waals surface area (Å²) in [7, 11) is 0. The van der Waals surface area contributed by atoms with E-state index in [1.807, 2.05) is 0 Å². The van der Waals surface area contributed by atoms with E-state index in [2.05, 4.69) is 26.0 Å². The highest BCUT2D eigenvalue weighted by Gasteiger charge is 1.98. The number of carboxylic acids is 2. The van der Waals surface area contributed by atoms with Gasteiger partial charge in [-0.3, -0.25) is 9.59 Å². The lowest BCUT2D eigenvalue weighted by molar-refractivity contribution is -0.138. The molecular formula is C22H38O4. The van der Waals surface area contributed by atoms with E-state index in [0.29, 0.717) is 12.8 Å². The number of rotatable bonds is 17. The first kappa shape index (κ1) is 24.4. The van der Waals surface area contributed by atoms with Gasteiger partial charge in [0.25, 0.3) is 0 Å². The molecule has 0 saturated heterocycles. The Morgan fingerprint density at radius 3 is 1.27 bits per heavy atom. The summed E-state index contributed by atoms with van der Waals surface area (Å²) in [6, 6.07) is 0. The van der Waals surface area contributed by atoms with Crippen molar-refractivity contribution in [3.05, 3.63) is 23.3 Å². The average molecular weight is 367 g/mol. The number of aliphatic carboxylic acids is 2. The van der Waals surface area contributed by atoms with Gasteiger partial charge in [-0.05, 0) is 65.2 Å². The van der Waals surface area contributed by atoms with Gasteiger partial charge < -0.3 is 10.2 Å². The zero-order valence-electron chi connectivity index (χ0n) is 16.8. The van der Waals surface area contributed by atoms with Gasteiger partial charge in [0, 0.05) is 12.8 Å². The van der Waals surface area contributed by atoms with Crippen LogP contribution < -0.4 is 0 Å². The van der Waals surface area contributed by atoms with Crippen LogP contribution in [0.3, 0.4) is 0 Å². The van der Waals surface area contributed by atoms with Crippen molar-refractivity contribution in [2.24, 2.45) is 0 Å². The lowest BCUT2D eigenvalue weighted by Gasteiger charge is -2.04. The molecule has 0 amide bonds. The normalized spacial score (nSPS) is 12.4. The minimum Gasteiger partial charge on any atom is -0.481 e. The molecule has 0 bridgehead atoms. The Balaban J connectivity index is 3.62. The number of carboxylic acid groups (broad SMARTS) is 2. The van der Waals surface area contributed by atoms with Crippen LogP contribution in [0.5, 0.6) is 0 Å². The molecule has 0 aromatic rings. The summed E-state index contributed by atoms with van der Waals surface area (Å²) >= 11 is 0. The zero-order valence-corrected chi connectivity index (χ0v) is 16.8. The molecular weight excluding hydrogens is 328 g/mol. The molecule has 4 nitrogen and oxygen atoms in total. The summed E-state index contributed by atoms with van der Waals surface area (Å²) in [5.41, 5.74) is 2.88. The van der Waals surface area contributed by atoms with Crippen LogP contribution in [0, 0.1) is 0 Å². The van der Waals surface area contributed by atoms with Crippen LogP contribution in [-0.4, -0.2) is 22.2 Å². The Morgan fingerprint density at radius 2 is 0.923 bits per heavy atom. The summed E-state index contributed by atoms with van der Waals surface area (Å²) in [6.07, 6.45) is 17.8. The molecule has 0 radical (unpaired) electrons. The third-order valence-corrected chi connectivity index (χ3v) is 4.59. The van der Waals surface area contributed by atoms with Crippen molar-refractivity contribution in [3.63, 3.8) is 0 Å². The second-order valence-corrected chi connectivity index (χ2v) is 7.29. The fourth-order valence-corrected chi connectivity index (χ4v) is 2.84. The minimum absolute atomic E-state index is 0.294. The van der Waals surface area contributed by atoms with E-state index in [1.54, 1.807) is 0 Å². The summed E-state index contributed by atoms with van der Waals surface area (Å²) < 4.78 is 0. The highest BCUT2D eigenvalue weighted by molar-refractivity contribution is 5.66. The third-order valence-electron chi connectivity index (χ3n) is 4.59. The first-order chi connectivity index (χ1) is 12.4. The van der Waals surface area contributed by atoms with Crippen LogP contribution in [0.25, 0.3) is 0 Å². The molecule has 0 spiro atoms. The molecule has 150 valence electrons. The fourth-order valence-electron chi connectivity index (χ4n) is 2.84. The number of allylic oxidation sites excluding steroid dienone is 4. The van der Waals surface area contributed by atoms with Crippen LogP contribution in [0.2, 0.25) is 0 Å². The van der Waals surface area contributed by atoms with Gasteiger partial charge >= 0.3 is 11.9 Å². The summed E-state index contributed by atoms with van der Waals surface area (Å²) in [6.45, 7) is 4.39.